The number of carboxylic acids is 1. The number of aliphatic carboxylic acids is 1. The van der Waals surface area contributed by atoms with Crippen molar-refractivity contribution in [3.8, 4) is 0 Å². The molecular weight excluding hydrogens is 266 g/mol. The van der Waals surface area contributed by atoms with Crippen LogP contribution in [0.15, 0.2) is 30.3 Å². The summed E-state index contributed by atoms with van der Waals surface area (Å²) in [7, 11) is 0. The average Bonchev–Trinajstić information content (AvgIpc) is 2.47. The molecule has 1 aliphatic rings. The Morgan fingerprint density at radius 1 is 1.33 bits per heavy atom. The lowest BCUT2D eigenvalue weighted by Crippen LogP contribution is -2.43. The summed E-state index contributed by atoms with van der Waals surface area (Å²) in [6.45, 7) is 6.10. The summed E-state index contributed by atoms with van der Waals surface area (Å²) >= 11 is 0. The summed E-state index contributed by atoms with van der Waals surface area (Å²) in [5, 5.41) is 9.16. The molecule has 1 aliphatic heterocycles. The van der Waals surface area contributed by atoms with Crippen LogP contribution in [0.3, 0.4) is 0 Å². The Balaban J connectivity index is 1.63. The van der Waals surface area contributed by atoms with E-state index in [1.54, 1.807) is 0 Å². The van der Waals surface area contributed by atoms with E-state index in [0.29, 0.717) is 19.1 Å². The Hall–Kier alpha value is -1.39. The standard InChI is InChI=1S/C17H25NO3/c1-14-10-16(17(19)20)12-18(11-14)8-5-9-21-13-15-6-3-2-4-7-15/h2-4,6-7,14,16H,5,8-13H2,1H3,(H,19,20). The molecule has 0 bridgehead atoms. The molecule has 2 atom stereocenters. The quantitative estimate of drug-likeness (QED) is 0.785. The summed E-state index contributed by atoms with van der Waals surface area (Å²) in [6.07, 6.45) is 1.75. The highest BCUT2D eigenvalue weighted by Gasteiger charge is 2.28. The number of ether oxygens (including phenoxy) is 1. The maximum atomic E-state index is 11.1. The molecule has 0 amide bonds. The molecule has 4 heteroatoms. The smallest absolute Gasteiger partial charge is 0.307 e. The number of benzene rings is 1. The summed E-state index contributed by atoms with van der Waals surface area (Å²) in [4.78, 5) is 13.4. The third kappa shape index (κ3) is 5.48. The lowest BCUT2D eigenvalue weighted by Gasteiger charge is -2.34. The van der Waals surface area contributed by atoms with Crippen LogP contribution in [0.4, 0.5) is 0 Å². The van der Waals surface area contributed by atoms with Gasteiger partial charge in [0.05, 0.1) is 12.5 Å². The molecule has 0 aliphatic carbocycles. The van der Waals surface area contributed by atoms with E-state index in [4.69, 9.17) is 9.84 Å². The fourth-order valence-electron chi connectivity index (χ4n) is 2.98. The SMILES string of the molecule is CC1CC(C(=O)O)CN(CCCOCc2ccccc2)C1. The number of rotatable bonds is 7. The normalized spacial score (nSPS) is 23.1. The van der Waals surface area contributed by atoms with Gasteiger partial charge in [-0.3, -0.25) is 4.79 Å². The lowest BCUT2D eigenvalue weighted by molar-refractivity contribution is -0.144. The molecule has 0 spiro atoms. The minimum atomic E-state index is -0.660. The van der Waals surface area contributed by atoms with Crippen molar-refractivity contribution in [1.29, 1.82) is 0 Å². The first-order valence-corrected chi connectivity index (χ1v) is 7.72. The molecule has 2 rings (SSSR count). The van der Waals surface area contributed by atoms with Crippen LogP contribution >= 0.6 is 0 Å². The largest absolute Gasteiger partial charge is 0.481 e. The van der Waals surface area contributed by atoms with E-state index in [2.05, 4.69) is 24.0 Å². The molecule has 21 heavy (non-hydrogen) atoms. The molecule has 1 aromatic carbocycles. The van der Waals surface area contributed by atoms with Gasteiger partial charge in [0.1, 0.15) is 0 Å². The van der Waals surface area contributed by atoms with Gasteiger partial charge in [0.25, 0.3) is 0 Å². The van der Waals surface area contributed by atoms with Crippen molar-refractivity contribution in [2.45, 2.75) is 26.4 Å². The van der Waals surface area contributed by atoms with Crippen LogP contribution in [0, 0.1) is 11.8 Å². The van der Waals surface area contributed by atoms with Crippen molar-refractivity contribution in [3.63, 3.8) is 0 Å². The second-order valence-corrected chi connectivity index (χ2v) is 6.03. The van der Waals surface area contributed by atoms with E-state index in [1.807, 2.05) is 18.2 Å². The van der Waals surface area contributed by atoms with Crippen LogP contribution in [0.1, 0.15) is 25.3 Å². The molecule has 1 heterocycles. The van der Waals surface area contributed by atoms with E-state index >= 15 is 0 Å². The molecule has 0 radical (unpaired) electrons. The highest BCUT2D eigenvalue weighted by molar-refractivity contribution is 5.70. The van der Waals surface area contributed by atoms with Gasteiger partial charge in [0.15, 0.2) is 0 Å². The number of carboxylic acid groups (broad SMARTS) is 1. The van der Waals surface area contributed by atoms with Gasteiger partial charge in [-0.25, -0.2) is 0 Å². The number of nitrogens with zero attached hydrogens (tertiary/aromatic N) is 1. The molecule has 4 nitrogen and oxygen atoms in total. The average molecular weight is 291 g/mol. The van der Waals surface area contributed by atoms with Crippen LogP contribution in [0.25, 0.3) is 0 Å². The van der Waals surface area contributed by atoms with E-state index in [9.17, 15) is 4.79 Å². The highest BCUT2D eigenvalue weighted by Crippen LogP contribution is 2.21. The predicted octanol–water partition coefficient (Wildman–Crippen LogP) is 2.64. The van der Waals surface area contributed by atoms with E-state index in [1.165, 1.54) is 5.56 Å². The van der Waals surface area contributed by atoms with Crippen LogP contribution in [0.5, 0.6) is 0 Å². The van der Waals surface area contributed by atoms with Gasteiger partial charge in [-0.1, -0.05) is 37.3 Å². The Kier molecular flexibility index (Phi) is 6.21. The maximum Gasteiger partial charge on any atom is 0.307 e. The Labute approximate surface area is 126 Å². The first-order valence-electron chi connectivity index (χ1n) is 7.72. The van der Waals surface area contributed by atoms with Gasteiger partial charge < -0.3 is 14.7 Å². The molecular formula is C17H25NO3. The van der Waals surface area contributed by atoms with Crippen LogP contribution in [0.2, 0.25) is 0 Å². The molecule has 1 fully saturated rings. The van der Waals surface area contributed by atoms with Gasteiger partial charge in [0, 0.05) is 26.2 Å². The number of carbonyl (C=O) groups is 1. The van der Waals surface area contributed by atoms with Crippen LogP contribution in [-0.2, 0) is 16.1 Å². The molecule has 1 saturated heterocycles. The summed E-state index contributed by atoms with van der Waals surface area (Å²) in [5.74, 6) is -0.407. The van der Waals surface area contributed by atoms with E-state index < -0.39 is 5.97 Å². The topological polar surface area (TPSA) is 49.8 Å². The first-order chi connectivity index (χ1) is 10.1. The number of hydrogen-bond donors (Lipinski definition) is 1. The van der Waals surface area contributed by atoms with Gasteiger partial charge >= 0.3 is 5.97 Å². The summed E-state index contributed by atoms with van der Waals surface area (Å²) in [6, 6.07) is 10.1. The molecule has 116 valence electrons. The van der Waals surface area contributed by atoms with Crippen LogP contribution < -0.4 is 0 Å². The monoisotopic (exact) mass is 291 g/mol. The Morgan fingerprint density at radius 2 is 2.10 bits per heavy atom. The van der Waals surface area contributed by atoms with Gasteiger partial charge in [0.2, 0.25) is 0 Å². The third-order valence-electron chi connectivity index (χ3n) is 3.96. The van der Waals surface area contributed by atoms with E-state index in [0.717, 1.165) is 32.5 Å². The van der Waals surface area contributed by atoms with Crippen molar-refractivity contribution in [1.82, 2.24) is 4.90 Å². The van der Waals surface area contributed by atoms with Crippen molar-refractivity contribution >= 4 is 5.97 Å². The molecule has 0 saturated carbocycles. The predicted molar refractivity (Wildman–Crippen MR) is 82.1 cm³/mol. The Bertz CT molecular complexity index is 435. The maximum absolute atomic E-state index is 11.1. The third-order valence-corrected chi connectivity index (χ3v) is 3.96. The minimum absolute atomic E-state index is 0.209. The van der Waals surface area contributed by atoms with Crippen molar-refractivity contribution in [2.75, 3.05) is 26.2 Å². The fraction of sp³-hybridized carbons (Fsp3) is 0.588. The van der Waals surface area contributed by atoms with Crippen LogP contribution in [-0.4, -0.2) is 42.2 Å². The first kappa shape index (κ1) is 16.0. The van der Waals surface area contributed by atoms with E-state index in [-0.39, 0.29) is 5.92 Å². The molecule has 1 N–H and O–H groups in total. The van der Waals surface area contributed by atoms with Crippen molar-refractivity contribution in [3.05, 3.63) is 35.9 Å². The second kappa shape index (κ2) is 8.15. The Morgan fingerprint density at radius 3 is 2.81 bits per heavy atom. The highest BCUT2D eigenvalue weighted by atomic mass is 16.5. The van der Waals surface area contributed by atoms with Crippen molar-refractivity contribution < 1.29 is 14.6 Å². The van der Waals surface area contributed by atoms with Gasteiger partial charge in [-0.05, 0) is 24.3 Å². The number of hydrogen-bond acceptors (Lipinski definition) is 3. The van der Waals surface area contributed by atoms with Gasteiger partial charge in [-0.15, -0.1) is 0 Å². The molecule has 2 unspecified atom stereocenters. The molecule has 0 aromatic heterocycles. The zero-order chi connectivity index (χ0) is 15.1. The zero-order valence-corrected chi connectivity index (χ0v) is 12.7. The molecule has 1 aromatic rings. The van der Waals surface area contributed by atoms with Gasteiger partial charge in [-0.2, -0.15) is 0 Å². The minimum Gasteiger partial charge on any atom is -0.481 e. The second-order valence-electron chi connectivity index (χ2n) is 6.03. The number of likely N-dealkylation sites (tertiary alicyclic amines) is 1. The lowest BCUT2D eigenvalue weighted by atomic mass is 9.90. The van der Waals surface area contributed by atoms with Crippen molar-refractivity contribution in [2.24, 2.45) is 11.8 Å². The summed E-state index contributed by atoms with van der Waals surface area (Å²) < 4.78 is 5.67. The number of piperidine rings is 1. The zero-order valence-electron chi connectivity index (χ0n) is 12.7. The fourth-order valence-corrected chi connectivity index (χ4v) is 2.98. The summed E-state index contributed by atoms with van der Waals surface area (Å²) in [5.41, 5.74) is 1.19.